The molecular weight excluding hydrogens is 741 g/mol. The van der Waals surface area contributed by atoms with Crippen molar-refractivity contribution in [3.05, 3.63) is 179 Å². The van der Waals surface area contributed by atoms with Crippen LogP contribution in [0.15, 0.2) is 152 Å². The Kier molecular flexibility index (Phi) is 14.7. The summed E-state index contributed by atoms with van der Waals surface area (Å²) in [5, 5.41) is 0. The van der Waals surface area contributed by atoms with Gasteiger partial charge in [0.05, 0.1) is 39.1 Å². The lowest BCUT2D eigenvalue weighted by molar-refractivity contribution is -0.250. The Morgan fingerprint density at radius 1 is 0.610 bits per heavy atom. The third-order valence-electron chi connectivity index (χ3n) is 11.1. The molecule has 2 aliphatic rings. The Morgan fingerprint density at radius 3 is 1.53 bits per heavy atom. The number of piperazine rings is 1. The maximum Gasteiger partial charge on any atom is 0.254 e. The fourth-order valence-corrected chi connectivity index (χ4v) is 8.10. The number of hydrogen-bond acceptors (Lipinski definition) is 8. The molecular formula is C50H58N2O7. The molecule has 0 radical (unpaired) electrons. The van der Waals surface area contributed by atoms with Crippen LogP contribution in [0.25, 0.3) is 0 Å². The van der Waals surface area contributed by atoms with E-state index in [-0.39, 0.29) is 32.3 Å². The average molecular weight is 799 g/mol. The molecule has 1 amide bonds. The highest BCUT2D eigenvalue weighted by molar-refractivity contribution is 5.82. The van der Waals surface area contributed by atoms with E-state index in [9.17, 15) is 0 Å². The Balaban J connectivity index is 1.27. The number of carbonyl (C=O) groups is 1. The minimum absolute atomic E-state index is 0.106. The minimum Gasteiger partial charge on any atom is -0.374 e. The van der Waals surface area contributed by atoms with E-state index >= 15 is 4.79 Å². The van der Waals surface area contributed by atoms with E-state index in [4.69, 9.17) is 28.4 Å². The molecule has 0 aliphatic carbocycles. The van der Waals surface area contributed by atoms with Gasteiger partial charge < -0.3 is 33.3 Å². The fourth-order valence-electron chi connectivity index (χ4n) is 8.10. The molecule has 9 heteroatoms. The van der Waals surface area contributed by atoms with Crippen molar-refractivity contribution in [2.75, 3.05) is 32.8 Å². The topological polar surface area (TPSA) is 78.9 Å². The number of carbonyl (C=O) groups excluding carboxylic acids is 1. The van der Waals surface area contributed by atoms with E-state index in [1.54, 1.807) is 0 Å². The summed E-state index contributed by atoms with van der Waals surface area (Å²) < 4.78 is 41.2. The van der Waals surface area contributed by atoms with Gasteiger partial charge in [-0.3, -0.25) is 9.69 Å². The molecule has 7 rings (SSSR count). The van der Waals surface area contributed by atoms with Crippen LogP contribution >= 0.6 is 0 Å². The molecule has 0 aromatic heterocycles. The summed E-state index contributed by atoms with van der Waals surface area (Å²) in [6, 6.07) is 50.4. The first-order valence-corrected chi connectivity index (χ1v) is 20.8. The second kappa shape index (κ2) is 20.5. The van der Waals surface area contributed by atoms with E-state index < -0.39 is 35.8 Å². The number of rotatable bonds is 19. The lowest BCUT2D eigenvalue weighted by Gasteiger charge is -2.45. The zero-order valence-electron chi connectivity index (χ0n) is 34.6. The molecule has 59 heavy (non-hydrogen) atoms. The zero-order chi connectivity index (χ0) is 40.9. The van der Waals surface area contributed by atoms with E-state index in [2.05, 4.69) is 29.2 Å². The van der Waals surface area contributed by atoms with Crippen molar-refractivity contribution in [3.8, 4) is 0 Å². The molecule has 0 N–H and O–H groups in total. The van der Waals surface area contributed by atoms with Crippen molar-refractivity contribution in [1.82, 2.24) is 9.80 Å². The van der Waals surface area contributed by atoms with Crippen LogP contribution in [0.4, 0.5) is 0 Å². The number of hydrogen-bond donors (Lipinski definition) is 0. The highest BCUT2D eigenvalue weighted by Gasteiger charge is 2.61. The quantitative estimate of drug-likeness (QED) is 0.0828. The summed E-state index contributed by atoms with van der Waals surface area (Å²) in [6.45, 7) is 10.3. The van der Waals surface area contributed by atoms with Crippen molar-refractivity contribution in [2.45, 2.75) is 89.5 Å². The smallest absolute Gasteiger partial charge is 0.254 e. The van der Waals surface area contributed by atoms with Crippen LogP contribution in [0.2, 0.25) is 0 Å². The Morgan fingerprint density at radius 2 is 1.05 bits per heavy atom. The number of nitrogens with zero attached hydrogens (tertiary/aromatic N) is 2. The molecule has 2 aliphatic heterocycles. The SMILES string of the molecule is C[C@H]1OC(C)(C)O[C@@]1(COCc1ccccc1)[C@@H](OCc1ccccc1)[C@H](OCc1ccccc1)[C@@H](OCc1ccccc1)C(=O)N1CCN(Cc2ccccc2)CC1. The Labute approximate surface area is 349 Å². The van der Waals surface area contributed by atoms with Gasteiger partial charge in [-0.1, -0.05) is 152 Å². The van der Waals surface area contributed by atoms with Crippen molar-refractivity contribution in [3.63, 3.8) is 0 Å². The lowest BCUT2D eigenvalue weighted by atomic mass is 9.85. The van der Waals surface area contributed by atoms with Gasteiger partial charge in [0.1, 0.15) is 17.8 Å². The highest BCUT2D eigenvalue weighted by atomic mass is 16.8. The average Bonchev–Trinajstić information content (AvgIpc) is 3.51. The van der Waals surface area contributed by atoms with Crippen LogP contribution in [-0.2, 0) is 66.2 Å². The summed E-state index contributed by atoms with van der Waals surface area (Å²) in [7, 11) is 0. The zero-order valence-corrected chi connectivity index (χ0v) is 34.6. The maximum absolute atomic E-state index is 15.3. The number of ether oxygens (including phenoxy) is 6. The normalized spacial score (nSPS) is 20.9. The number of benzene rings is 5. The summed E-state index contributed by atoms with van der Waals surface area (Å²) in [5.74, 6) is -1.15. The molecule has 9 nitrogen and oxygen atoms in total. The van der Waals surface area contributed by atoms with Crippen molar-refractivity contribution in [1.29, 1.82) is 0 Å². The molecule has 5 atom stereocenters. The van der Waals surface area contributed by atoms with E-state index in [0.29, 0.717) is 19.7 Å². The van der Waals surface area contributed by atoms with Crippen LogP contribution in [0, 0.1) is 0 Å². The van der Waals surface area contributed by atoms with Crippen LogP contribution in [0.3, 0.4) is 0 Å². The van der Waals surface area contributed by atoms with Gasteiger partial charge in [-0.15, -0.1) is 0 Å². The molecule has 310 valence electrons. The predicted molar refractivity (Wildman–Crippen MR) is 228 cm³/mol. The maximum atomic E-state index is 15.3. The van der Waals surface area contributed by atoms with Crippen molar-refractivity contribution < 1.29 is 33.2 Å². The third-order valence-corrected chi connectivity index (χ3v) is 11.1. The largest absolute Gasteiger partial charge is 0.374 e. The molecule has 5 aromatic carbocycles. The van der Waals surface area contributed by atoms with Crippen molar-refractivity contribution >= 4 is 5.91 Å². The van der Waals surface area contributed by atoms with Crippen LogP contribution in [0.1, 0.15) is 48.6 Å². The van der Waals surface area contributed by atoms with Gasteiger partial charge in [0.25, 0.3) is 5.91 Å². The van der Waals surface area contributed by atoms with Gasteiger partial charge in [0.2, 0.25) is 0 Å². The minimum atomic E-state index is -1.22. The van der Waals surface area contributed by atoms with E-state index in [1.807, 2.05) is 153 Å². The van der Waals surface area contributed by atoms with Crippen LogP contribution < -0.4 is 0 Å². The van der Waals surface area contributed by atoms with Gasteiger partial charge in [-0.05, 0) is 48.6 Å². The molecule has 2 fully saturated rings. The molecule has 0 spiro atoms. The first-order valence-electron chi connectivity index (χ1n) is 20.8. The fraction of sp³-hybridized carbons (Fsp3) is 0.380. The van der Waals surface area contributed by atoms with E-state index in [1.165, 1.54) is 5.56 Å². The lowest BCUT2D eigenvalue weighted by Crippen LogP contribution is -2.64. The van der Waals surface area contributed by atoms with Gasteiger partial charge in [-0.25, -0.2) is 0 Å². The second-order valence-electron chi connectivity index (χ2n) is 16.0. The number of amides is 1. The molecule has 5 aromatic rings. The monoisotopic (exact) mass is 798 g/mol. The Bertz CT molecular complexity index is 1980. The van der Waals surface area contributed by atoms with Crippen LogP contribution in [0.5, 0.6) is 0 Å². The van der Waals surface area contributed by atoms with Crippen molar-refractivity contribution in [2.24, 2.45) is 0 Å². The van der Waals surface area contributed by atoms with Gasteiger partial charge >= 0.3 is 0 Å². The van der Waals surface area contributed by atoms with E-state index in [0.717, 1.165) is 41.9 Å². The predicted octanol–water partition coefficient (Wildman–Crippen LogP) is 8.21. The third kappa shape index (κ3) is 11.5. The summed E-state index contributed by atoms with van der Waals surface area (Å²) in [5.41, 5.74) is 3.91. The van der Waals surface area contributed by atoms with Gasteiger partial charge in [0, 0.05) is 32.7 Å². The van der Waals surface area contributed by atoms with Gasteiger partial charge in [-0.2, -0.15) is 0 Å². The molecule has 0 unspecified atom stereocenters. The molecule has 2 saturated heterocycles. The standard InChI is InChI=1S/C50H58N2O7/c1-39-50(59-49(2,3)58-39,38-54-34-41-21-11-5-12-22-41)47(57-37-44-27-17-8-18-28-44)45(55-35-42-23-13-6-14-24-42)46(56-36-43-25-15-7-16-26-43)48(53)52-31-29-51(30-32-52)33-40-19-9-4-10-20-40/h4-28,39,45-47H,29-38H2,1-3H3/t39-,45-,46-,47+,50-/m1/s1. The summed E-state index contributed by atoms with van der Waals surface area (Å²) in [6.07, 6.45) is -3.46. The summed E-state index contributed by atoms with van der Waals surface area (Å²) >= 11 is 0. The highest BCUT2D eigenvalue weighted by Crippen LogP contribution is 2.43. The second-order valence-corrected chi connectivity index (χ2v) is 16.0. The van der Waals surface area contributed by atoms with Crippen LogP contribution in [-0.4, -0.2) is 84.3 Å². The molecule has 0 bridgehead atoms. The molecule has 0 saturated carbocycles. The first-order chi connectivity index (χ1) is 28.8. The molecule has 2 heterocycles. The Hall–Kier alpha value is -4.71. The van der Waals surface area contributed by atoms with Gasteiger partial charge in [0.15, 0.2) is 11.9 Å². The summed E-state index contributed by atoms with van der Waals surface area (Å²) in [4.78, 5) is 19.6. The first kappa shape index (κ1) is 42.4.